The number of amides is 1. The number of halogens is 1. The Labute approximate surface area is 140 Å². The lowest BCUT2D eigenvalue weighted by Gasteiger charge is -2.11. The first-order chi connectivity index (χ1) is 11.2. The fourth-order valence-corrected chi connectivity index (χ4v) is 2.45. The van der Waals surface area contributed by atoms with Crippen LogP contribution in [0.5, 0.6) is 5.75 Å². The van der Waals surface area contributed by atoms with Crippen LogP contribution in [-0.2, 0) is 0 Å². The van der Waals surface area contributed by atoms with Gasteiger partial charge in [0.2, 0.25) is 0 Å². The van der Waals surface area contributed by atoms with Crippen LogP contribution in [0.4, 0.5) is 5.69 Å². The van der Waals surface area contributed by atoms with E-state index in [9.17, 15) is 4.79 Å². The third-order valence-electron chi connectivity index (χ3n) is 3.12. The molecule has 23 heavy (non-hydrogen) atoms. The number of nitrogens with zero attached hydrogens (tertiary/aromatic N) is 4. The molecule has 0 aliphatic carbocycles. The minimum Gasteiger partial charge on any atom is -0.494 e. The molecular formula is C15H12BrN5O2. The molecular weight excluding hydrogens is 362 g/mol. The summed E-state index contributed by atoms with van der Waals surface area (Å²) < 4.78 is 7.60. The molecule has 2 aromatic carbocycles. The van der Waals surface area contributed by atoms with Gasteiger partial charge in [-0.25, -0.2) is 0 Å². The maximum atomic E-state index is 12.3. The molecule has 0 aliphatic rings. The molecule has 116 valence electrons. The van der Waals surface area contributed by atoms with E-state index >= 15 is 0 Å². The molecule has 0 saturated carbocycles. The van der Waals surface area contributed by atoms with Crippen molar-refractivity contribution >= 4 is 27.5 Å². The third-order valence-corrected chi connectivity index (χ3v) is 3.61. The number of anilines is 1. The Morgan fingerprint density at radius 2 is 2.13 bits per heavy atom. The number of ether oxygens (including phenoxy) is 1. The molecule has 7 nitrogen and oxygen atoms in total. The number of benzene rings is 2. The zero-order chi connectivity index (χ0) is 16.2. The third kappa shape index (κ3) is 3.37. The van der Waals surface area contributed by atoms with Gasteiger partial charge >= 0.3 is 0 Å². The number of rotatable bonds is 4. The molecule has 1 amide bonds. The van der Waals surface area contributed by atoms with Crippen LogP contribution in [0.3, 0.4) is 0 Å². The van der Waals surface area contributed by atoms with E-state index in [1.54, 1.807) is 43.5 Å². The van der Waals surface area contributed by atoms with Crippen molar-refractivity contribution in [3.63, 3.8) is 0 Å². The lowest BCUT2D eigenvalue weighted by molar-refractivity contribution is 0.102. The van der Waals surface area contributed by atoms with Gasteiger partial charge in [-0.05, 0) is 46.8 Å². The summed E-state index contributed by atoms with van der Waals surface area (Å²) in [6, 6.07) is 12.4. The maximum Gasteiger partial charge on any atom is 0.255 e. The molecule has 0 radical (unpaired) electrons. The Morgan fingerprint density at radius 1 is 1.26 bits per heavy atom. The smallest absolute Gasteiger partial charge is 0.255 e. The second kappa shape index (κ2) is 6.57. The average Bonchev–Trinajstić information content (AvgIpc) is 3.09. The van der Waals surface area contributed by atoms with E-state index in [0.29, 0.717) is 22.7 Å². The van der Waals surface area contributed by atoms with Gasteiger partial charge in [0.15, 0.2) is 0 Å². The van der Waals surface area contributed by atoms with Crippen molar-refractivity contribution in [2.45, 2.75) is 0 Å². The van der Waals surface area contributed by atoms with Gasteiger partial charge in [-0.2, -0.15) is 4.68 Å². The molecule has 0 unspecified atom stereocenters. The van der Waals surface area contributed by atoms with Gasteiger partial charge < -0.3 is 10.1 Å². The quantitative estimate of drug-likeness (QED) is 0.760. The highest BCUT2D eigenvalue weighted by molar-refractivity contribution is 9.10. The van der Waals surface area contributed by atoms with Crippen molar-refractivity contribution in [3.05, 3.63) is 58.8 Å². The normalized spacial score (nSPS) is 10.3. The van der Waals surface area contributed by atoms with Crippen LogP contribution in [-0.4, -0.2) is 33.2 Å². The molecule has 0 aliphatic heterocycles. The zero-order valence-electron chi connectivity index (χ0n) is 12.1. The van der Waals surface area contributed by atoms with Crippen molar-refractivity contribution in [2.24, 2.45) is 0 Å². The monoisotopic (exact) mass is 373 g/mol. The molecule has 1 heterocycles. The van der Waals surface area contributed by atoms with E-state index in [0.717, 1.165) is 4.47 Å². The molecule has 0 spiro atoms. The van der Waals surface area contributed by atoms with Crippen LogP contribution >= 0.6 is 15.9 Å². The summed E-state index contributed by atoms with van der Waals surface area (Å²) in [6.45, 7) is 0. The Kier molecular flexibility index (Phi) is 4.33. The fourth-order valence-electron chi connectivity index (χ4n) is 2.05. The standard InChI is InChI=1S/C15H12BrN5O2/c1-23-14-6-5-12(8-13(14)21-9-17-19-20-21)18-15(22)10-3-2-4-11(16)7-10/h2-9H,1H3,(H,18,22). The number of nitrogens with one attached hydrogen (secondary N) is 1. The van der Waals surface area contributed by atoms with Crippen LogP contribution in [0.25, 0.3) is 5.69 Å². The van der Waals surface area contributed by atoms with Gasteiger partial charge in [-0.1, -0.05) is 22.0 Å². The molecule has 0 atom stereocenters. The first-order valence-corrected chi connectivity index (χ1v) is 7.45. The average molecular weight is 374 g/mol. The maximum absolute atomic E-state index is 12.3. The number of hydrogen-bond acceptors (Lipinski definition) is 5. The zero-order valence-corrected chi connectivity index (χ0v) is 13.7. The summed E-state index contributed by atoms with van der Waals surface area (Å²) in [5, 5.41) is 13.9. The van der Waals surface area contributed by atoms with Gasteiger partial charge in [0.25, 0.3) is 5.91 Å². The number of carbonyl (C=O) groups is 1. The summed E-state index contributed by atoms with van der Waals surface area (Å²) in [7, 11) is 1.56. The van der Waals surface area contributed by atoms with Crippen molar-refractivity contribution in [3.8, 4) is 11.4 Å². The lowest BCUT2D eigenvalue weighted by atomic mass is 10.2. The molecule has 3 rings (SSSR count). The second-order valence-corrected chi connectivity index (χ2v) is 5.52. The molecule has 3 aromatic rings. The Morgan fingerprint density at radius 3 is 2.83 bits per heavy atom. The fraction of sp³-hybridized carbons (Fsp3) is 0.0667. The molecule has 0 saturated heterocycles. The summed E-state index contributed by atoms with van der Waals surface area (Å²) in [4.78, 5) is 12.3. The minimum absolute atomic E-state index is 0.209. The number of methoxy groups -OCH3 is 1. The first-order valence-electron chi connectivity index (χ1n) is 6.65. The van der Waals surface area contributed by atoms with Gasteiger partial charge in [0.05, 0.1) is 7.11 Å². The highest BCUT2D eigenvalue weighted by Gasteiger charge is 2.11. The first kappa shape index (κ1) is 15.2. The van der Waals surface area contributed by atoms with Crippen LogP contribution in [0.2, 0.25) is 0 Å². The topological polar surface area (TPSA) is 81.9 Å². The Balaban J connectivity index is 1.89. The van der Waals surface area contributed by atoms with Crippen LogP contribution in [0.15, 0.2) is 53.3 Å². The highest BCUT2D eigenvalue weighted by Crippen LogP contribution is 2.26. The predicted octanol–water partition coefficient (Wildman–Crippen LogP) is 2.69. The summed E-state index contributed by atoms with van der Waals surface area (Å²) in [5.41, 5.74) is 1.80. The van der Waals surface area contributed by atoms with Crippen molar-refractivity contribution in [1.82, 2.24) is 20.2 Å². The number of carbonyl (C=O) groups excluding carboxylic acids is 1. The van der Waals surface area contributed by atoms with Gasteiger partial charge in [-0.3, -0.25) is 4.79 Å². The molecule has 1 N–H and O–H groups in total. The van der Waals surface area contributed by atoms with Gasteiger partial charge in [0, 0.05) is 15.7 Å². The second-order valence-electron chi connectivity index (χ2n) is 4.61. The SMILES string of the molecule is COc1ccc(NC(=O)c2cccc(Br)c2)cc1-n1cnnn1. The van der Waals surface area contributed by atoms with E-state index in [1.165, 1.54) is 11.0 Å². The predicted molar refractivity (Wildman–Crippen MR) is 87.8 cm³/mol. The van der Waals surface area contributed by atoms with E-state index < -0.39 is 0 Å². The van der Waals surface area contributed by atoms with E-state index in [2.05, 4.69) is 36.8 Å². The van der Waals surface area contributed by atoms with Crippen LogP contribution in [0.1, 0.15) is 10.4 Å². The van der Waals surface area contributed by atoms with Gasteiger partial charge in [-0.15, -0.1) is 5.10 Å². The molecule has 0 fully saturated rings. The molecule has 1 aromatic heterocycles. The molecule has 8 heteroatoms. The Hall–Kier alpha value is -2.74. The summed E-state index contributed by atoms with van der Waals surface area (Å²) in [5.74, 6) is 0.386. The van der Waals surface area contributed by atoms with Gasteiger partial charge in [0.1, 0.15) is 17.8 Å². The van der Waals surface area contributed by atoms with Crippen molar-refractivity contribution in [1.29, 1.82) is 0 Å². The highest BCUT2D eigenvalue weighted by atomic mass is 79.9. The lowest BCUT2D eigenvalue weighted by Crippen LogP contribution is -2.12. The van der Waals surface area contributed by atoms with Crippen LogP contribution in [0, 0.1) is 0 Å². The summed E-state index contributed by atoms with van der Waals surface area (Å²) >= 11 is 3.35. The molecule has 0 bridgehead atoms. The van der Waals surface area contributed by atoms with E-state index in [4.69, 9.17) is 4.74 Å². The van der Waals surface area contributed by atoms with Crippen LogP contribution < -0.4 is 10.1 Å². The largest absolute Gasteiger partial charge is 0.494 e. The Bertz CT molecular complexity index is 836. The van der Waals surface area contributed by atoms with E-state index in [1.807, 2.05) is 6.07 Å². The number of hydrogen-bond donors (Lipinski definition) is 1. The van der Waals surface area contributed by atoms with Crippen molar-refractivity contribution in [2.75, 3.05) is 12.4 Å². The number of tetrazole rings is 1. The summed E-state index contributed by atoms with van der Waals surface area (Å²) in [6.07, 6.45) is 1.46. The van der Waals surface area contributed by atoms with Crippen molar-refractivity contribution < 1.29 is 9.53 Å². The number of aromatic nitrogens is 4. The minimum atomic E-state index is -0.209. The van der Waals surface area contributed by atoms with E-state index in [-0.39, 0.29) is 5.91 Å².